The molecule has 2 aliphatic rings. The maximum atomic E-state index is 11.2. The first kappa shape index (κ1) is 17.6. The molecule has 0 unspecified atom stereocenters. The van der Waals surface area contributed by atoms with E-state index in [9.17, 15) is 4.79 Å². The second-order valence-corrected chi connectivity index (χ2v) is 5.62. The summed E-state index contributed by atoms with van der Waals surface area (Å²) in [6.45, 7) is 4.77. The number of esters is 1. The Labute approximate surface area is 129 Å². The predicted molar refractivity (Wildman–Crippen MR) is 72.6 cm³/mol. The number of methoxy groups -OCH3 is 2. The van der Waals surface area contributed by atoms with Crippen molar-refractivity contribution in [2.24, 2.45) is 5.41 Å². The van der Waals surface area contributed by atoms with E-state index < -0.39 is 23.3 Å². The number of hydrogen-bond donors (Lipinski definition) is 0. The van der Waals surface area contributed by atoms with Gasteiger partial charge >= 0.3 is 5.97 Å². The van der Waals surface area contributed by atoms with Gasteiger partial charge in [-0.3, -0.25) is 0 Å². The average Bonchev–Trinajstić information content (AvgIpc) is 2.57. The molecule has 0 aliphatic carbocycles. The van der Waals surface area contributed by atoms with E-state index in [4.69, 9.17) is 28.4 Å². The smallest absolute Gasteiger partial charge is 0.332 e. The molecule has 0 aromatic carbocycles. The third-order valence-corrected chi connectivity index (χ3v) is 3.92. The molecule has 0 aromatic rings. The molecule has 8 nitrogen and oxygen atoms in total. The summed E-state index contributed by atoms with van der Waals surface area (Å²) in [5, 5.41) is 0. The van der Waals surface area contributed by atoms with E-state index in [2.05, 4.69) is 4.74 Å². The largest absolute Gasteiger partial charge is 0.467 e. The molecule has 2 fully saturated rings. The molecular weight excluding hydrogens is 296 g/mol. The molecule has 0 bridgehead atoms. The van der Waals surface area contributed by atoms with Crippen LogP contribution in [-0.4, -0.2) is 65.2 Å². The summed E-state index contributed by atoms with van der Waals surface area (Å²) in [6, 6.07) is 0. The SMILES string of the molecule is CCC1(OCC(=O)OC)OCC2(COC(C)(OC)OC2)CO1. The topological polar surface area (TPSA) is 81.7 Å². The van der Waals surface area contributed by atoms with Crippen molar-refractivity contribution in [3.63, 3.8) is 0 Å². The van der Waals surface area contributed by atoms with E-state index >= 15 is 0 Å². The molecule has 2 rings (SSSR count). The van der Waals surface area contributed by atoms with E-state index in [0.717, 1.165) is 0 Å². The Hall–Kier alpha value is -0.770. The number of carbonyl (C=O) groups is 1. The van der Waals surface area contributed by atoms with Gasteiger partial charge in [0.25, 0.3) is 11.9 Å². The van der Waals surface area contributed by atoms with Crippen LogP contribution in [-0.2, 0) is 38.0 Å². The summed E-state index contributed by atoms with van der Waals surface area (Å²) in [6.07, 6.45) is 0.442. The van der Waals surface area contributed by atoms with Crippen LogP contribution in [0.2, 0.25) is 0 Å². The minimum absolute atomic E-state index is 0.230. The van der Waals surface area contributed by atoms with Gasteiger partial charge in [-0.1, -0.05) is 6.92 Å². The van der Waals surface area contributed by atoms with Gasteiger partial charge in [0.05, 0.1) is 39.0 Å². The van der Waals surface area contributed by atoms with Crippen LogP contribution in [0.1, 0.15) is 20.3 Å². The van der Waals surface area contributed by atoms with Crippen LogP contribution in [0.3, 0.4) is 0 Å². The quantitative estimate of drug-likeness (QED) is 0.683. The lowest BCUT2D eigenvalue weighted by atomic mass is 9.90. The Morgan fingerprint density at radius 3 is 2.05 bits per heavy atom. The molecule has 1 spiro atoms. The van der Waals surface area contributed by atoms with Gasteiger partial charge in [-0.25, -0.2) is 4.79 Å². The number of hydrogen-bond acceptors (Lipinski definition) is 8. The lowest BCUT2D eigenvalue weighted by molar-refractivity contribution is -0.457. The summed E-state index contributed by atoms with van der Waals surface area (Å²) in [4.78, 5) is 11.2. The zero-order valence-electron chi connectivity index (χ0n) is 13.5. The molecule has 0 amide bonds. The fraction of sp³-hybridized carbons (Fsp3) is 0.929. The zero-order chi connectivity index (χ0) is 16.3. The lowest BCUT2D eigenvalue weighted by Gasteiger charge is -2.49. The zero-order valence-corrected chi connectivity index (χ0v) is 13.5. The fourth-order valence-electron chi connectivity index (χ4n) is 2.16. The van der Waals surface area contributed by atoms with E-state index in [1.54, 1.807) is 6.92 Å². The molecule has 0 N–H and O–H groups in total. The molecule has 128 valence electrons. The molecular formula is C14H24O8. The van der Waals surface area contributed by atoms with Crippen molar-refractivity contribution in [1.82, 2.24) is 0 Å². The van der Waals surface area contributed by atoms with Crippen LogP contribution in [0.15, 0.2) is 0 Å². The highest BCUT2D eigenvalue weighted by molar-refractivity contribution is 5.70. The van der Waals surface area contributed by atoms with Crippen LogP contribution in [0.5, 0.6) is 0 Å². The molecule has 0 atom stereocenters. The molecule has 2 saturated heterocycles. The number of rotatable bonds is 5. The molecule has 8 heteroatoms. The Morgan fingerprint density at radius 1 is 1.05 bits per heavy atom. The monoisotopic (exact) mass is 320 g/mol. The summed E-state index contributed by atoms with van der Waals surface area (Å²) in [5.74, 6) is -2.76. The van der Waals surface area contributed by atoms with Gasteiger partial charge in [0, 0.05) is 20.5 Å². The Morgan fingerprint density at radius 2 is 1.59 bits per heavy atom. The van der Waals surface area contributed by atoms with Crippen LogP contribution in [0.4, 0.5) is 0 Å². The van der Waals surface area contributed by atoms with E-state index in [0.29, 0.717) is 32.8 Å². The molecule has 0 saturated carbocycles. The first-order chi connectivity index (χ1) is 10.4. The number of carbonyl (C=O) groups excluding carboxylic acids is 1. The Kier molecular flexibility index (Phi) is 5.41. The van der Waals surface area contributed by atoms with Gasteiger partial charge in [0.15, 0.2) is 0 Å². The van der Waals surface area contributed by atoms with Crippen molar-refractivity contribution < 1.29 is 38.0 Å². The van der Waals surface area contributed by atoms with Crippen molar-refractivity contribution in [2.45, 2.75) is 32.2 Å². The van der Waals surface area contributed by atoms with Crippen LogP contribution < -0.4 is 0 Å². The third-order valence-electron chi connectivity index (χ3n) is 3.92. The average molecular weight is 320 g/mol. The molecule has 0 aromatic heterocycles. The van der Waals surface area contributed by atoms with Gasteiger partial charge in [-0.2, -0.15) is 0 Å². The normalized spacial score (nSPS) is 38.9. The molecule has 2 aliphatic heterocycles. The third kappa shape index (κ3) is 3.76. The van der Waals surface area contributed by atoms with Gasteiger partial charge in [0.2, 0.25) is 0 Å². The van der Waals surface area contributed by atoms with Gasteiger partial charge in [0.1, 0.15) is 6.61 Å². The van der Waals surface area contributed by atoms with Crippen molar-refractivity contribution in [1.29, 1.82) is 0 Å². The van der Waals surface area contributed by atoms with Crippen molar-refractivity contribution >= 4 is 5.97 Å². The maximum Gasteiger partial charge on any atom is 0.332 e. The standard InChI is InChI=1S/C14H24O8/c1-5-14(18-6-11(15)16-3)21-9-13(10-22-14)7-19-12(2,17-4)20-8-13/h5-10H2,1-4H3. The highest BCUT2D eigenvalue weighted by atomic mass is 16.9. The summed E-state index contributed by atoms with van der Waals surface area (Å²) < 4.78 is 37.9. The summed E-state index contributed by atoms with van der Waals surface area (Å²) in [5.41, 5.74) is -0.411. The number of ether oxygens (including phenoxy) is 7. The van der Waals surface area contributed by atoms with Crippen LogP contribution in [0, 0.1) is 5.41 Å². The second kappa shape index (κ2) is 6.77. The minimum atomic E-state index is -1.23. The Balaban J connectivity index is 1.90. The highest BCUT2D eigenvalue weighted by Gasteiger charge is 2.50. The maximum absolute atomic E-state index is 11.2. The highest BCUT2D eigenvalue weighted by Crippen LogP contribution is 2.38. The van der Waals surface area contributed by atoms with Gasteiger partial charge < -0.3 is 33.2 Å². The van der Waals surface area contributed by atoms with Crippen LogP contribution in [0.25, 0.3) is 0 Å². The predicted octanol–water partition coefficient (Wildman–Crippen LogP) is 0.640. The first-order valence-electron chi connectivity index (χ1n) is 7.22. The first-order valence-corrected chi connectivity index (χ1v) is 7.22. The van der Waals surface area contributed by atoms with E-state index in [1.165, 1.54) is 14.2 Å². The fourth-order valence-corrected chi connectivity index (χ4v) is 2.16. The van der Waals surface area contributed by atoms with Crippen molar-refractivity contribution in [3.05, 3.63) is 0 Å². The molecule has 0 radical (unpaired) electrons. The molecule has 22 heavy (non-hydrogen) atoms. The van der Waals surface area contributed by atoms with Crippen molar-refractivity contribution in [2.75, 3.05) is 47.3 Å². The van der Waals surface area contributed by atoms with Gasteiger partial charge in [-0.05, 0) is 0 Å². The van der Waals surface area contributed by atoms with E-state index in [-0.39, 0.29) is 6.61 Å². The summed E-state index contributed by atoms with van der Waals surface area (Å²) in [7, 11) is 2.82. The minimum Gasteiger partial charge on any atom is -0.467 e. The van der Waals surface area contributed by atoms with Crippen LogP contribution >= 0.6 is 0 Å². The lowest BCUT2D eigenvalue weighted by Crippen LogP contribution is -2.59. The summed E-state index contributed by atoms with van der Waals surface area (Å²) >= 11 is 0. The van der Waals surface area contributed by atoms with Gasteiger partial charge in [-0.15, -0.1) is 0 Å². The molecule has 2 heterocycles. The Bertz CT molecular complexity index is 378. The van der Waals surface area contributed by atoms with Crippen molar-refractivity contribution in [3.8, 4) is 0 Å². The second-order valence-electron chi connectivity index (χ2n) is 5.62. The van der Waals surface area contributed by atoms with E-state index in [1.807, 2.05) is 6.92 Å².